The van der Waals surface area contributed by atoms with E-state index in [0.717, 1.165) is 12.1 Å². The van der Waals surface area contributed by atoms with Crippen LogP contribution in [0, 0.1) is 0 Å². The standard InChI is InChI=1S/C27H27ClF3N3O4S/c1-3-32-26(36)19(2)33(17-20-12-14-22(28)15-13-20)25(35)18-34(39(37,38)24-10-5-4-6-11-24)23-9-7-8-21(16-23)27(29,30)31/h4-16,19H,3,17-18H2,1-2H3,(H,32,36)/t19-/m1/s1. The summed E-state index contributed by atoms with van der Waals surface area (Å²) in [6.07, 6.45) is -4.74. The third-order valence-corrected chi connectivity index (χ3v) is 7.90. The highest BCUT2D eigenvalue weighted by molar-refractivity contribution is 7.92. The first-order valence-corrected chi connectivity index (χ1v) is 13.7. The number of alkyl halides is 3. The summed E-state index contributed by atoms with van der Waals surface area (Å²) in [5.41, 5.74) is -0.811. The molecule has 0 aromatic heterocycles. The number of hydrogen-bond donors (Lipinski definition) is 1. The van der Waals surface area contributed by atoms with Crippen LogP contribution < -0.4 is 9.62 Å². The SMILES string of the molecule is CCNC(=O)[C@@H](C)N(Cc1ccc(Cl)cc1)C(=O)CN(c1cccc(C(F)(F)F)c1)S(=O)(=O)c1ccccc1. The highest BCUT2D eigenvalue weighted by Gasteiger charge is 2.35. The summed E-state index contributed by atoms with van der Waals surface area (Å²) in [4.78, 5) is 27.3. The Morgan fingerprint density at radius 2 is 1.62 bits per heavy atom. The number of nitrogens with zero attached hydrogens (tertiary/aromatic N) is 2. The summed E-state index contributed by atoms with van der Waals surface area (Å²) in [7, 11) is -4.48. The second-order valence-electron chi connectivity index (χ2n) is 8.59. The molecule has 1 atom stereocenters. The molecule has 1 N–H and O–H groups in total. The Morgan fingerprint density at radius 3 is 2.21 bits per heavy atom. The fourth-order valence-corrected chi connectivity index (χ4v) is 5.33. The number of anilines is 1. The van der Waals surface area contributed by atoms with Crippen LogP contribution in [0.25, 0.3) is 0 Å². The van der Waals surface area contributed by atoms with Gasteiger partial charge in [-0.15, -0.1) is 0 Å². The smallest absolute Gasteiger partial charge is 0.355 e. The van der Waals surface area contributed by atoms with E-state index in [1.54, 1.807) is 37.3 Å². The van der Waals surface area contributed by atoms with Gasteiger partial charge in [0.05, 0.1) is 16.1 Å². The minimum atomic E-state index is -4.74. The van der Waals surface area contributed by atoms with E-state index < -0.39 is 46.2 Å². The maximum absolute atomic E-state index is 13.7. The Morgan fingerprint density at radius 1 is 0.974 bits per heavy atom. The van der Waals surface area contributed by atoms with E-state index in [1.807, 2.05) is 0 Å². The van der Waals surface area contributed by atoms with Gasteiger partial charge >= 0.3 is 6.18 Å². The highest BCUT2D eigenvalue weighted by Crippen LogP contribution is 2.33. The molecular formula is C27H27ClF3N3O4S. The maximum Gasteiger partial charge on any atom is 0.416 e. The van der Waals surface area contributed by atoms with Gasteiger partial charge in [-0.05, 0) is 61.9 Å². The predicted octanol–water partition coefficient (Wildman–Crippen LogP) is 5.11. The summed E-state index contributed by atoms with van der Waals surface area (Å²) in [5.74, 6) is -1.27. The minimum Gasteiger partial charge on any atom is -0.355 e. The van der Waals surface area contributed by atoms with Crippen LogP contribution in [0.2, 0.25) is 5.02 Å². The van der Waals surface area contributed by atoms with Crippen molar-refractivity contribution in [3.63, 3.8) is 0 Å². The molecule has 7 nitrogen and oxygen atoms in total. The zero-order valence-corrected chi connectivity index (χ0v) is 22.7. The Bertz CT molecular complexity index is 1400. The molecule has 0 aliphatic heterocycles. The van der Waals surface area contributed by atoms with Gasteiger partial charge in [0.2, 0.25) is 11.8 Å². The van der Waals surface area contributed by atoms with Crippen LogP contribution in [0.4, 0.5) is 18.9 Å². The van der Waals surface area contributed by atoms with Crippen molar-refractivity contribution >= 4 is 39.1 Å². The number of halogens is 4. The summed E-state index contributed by atoms with van der Waals surface area (Å²) in [6, 6.07) is 16.3. The van der Waals surface area contributed by atoms with E-state index in [-0.39, 0.29) is 17.1 Å². The number of sulfonamides is 1. The van der Waals surface area contributed by atoms with Gasteiger partial charge in [-0.1, -0.05) is 48.0 Å². The molecular weight excluding hydrogens is 555 g/mol. The van der Waals surface area contributed by atoms with Gasteiger partial charge in [0.15, 0.2) is 0 Å². The number of rotatable bonds is 10. The van der Waals surface area contributed by atoms with Crippen molar-refractivity contribution in [3.8, 4) is 0 Å². The fourth-order valence-electron chi connectivity index (χ4n) is 3.78. The van der Waals surface area contributed by atoms with Crippen molar-refractivity contribution in [2.24, 2.45) is 0 Å². The van der Waals surface area contributed by atoms with Gasteiger partial charge in [0.25, 0.3) is 10.0 Å². The average Bonchev–Trinajstić information content (AvgIpc) is 2.91. The molecule has 3 aromatic rings. The number of benzene rings is 3. The molecule has 0 fully saturated rings. The molecule has 0 spiro atoms. The monoisotopic (exact) mass is 581 g/mol. The van der Waals surface area contributed by atoms with Crippen LogP contribution in [-0.4, -0.2) is 44.3 Å². The number of hydrogen-bond acceptors (Lipinski definition) is 4. The first kappa shape index (κ1) is 30.0. The molecule has 0 unspecified atom stereocenters. The number of carbonyl (C=O) groups excluding carboxylic acids is 2. The van der Waals surface area contributed by atoms with Crippen LogP contribution in [-0.2, 0) is 32.3 Å². The Kier molecular flexibility index (Phi) is 9.63. The molecule has 0 aliphatic rings. The van der Waals surface area contributed by atoms with Gasteiger partial charge in [-0.25, -0.2) is 8.42 Å². The summed E-state index contributed by atoms with van der Waals surface area (Å²) in [5, 5.41) is 3.09. The summed E-state index contributed by atoms with van der Waals surface area (Å²) in [6.45, 7) is 2.56. The van der Waals surface area contributed by atoms with Crippen LogP contribution in [0.1, 0.15) is 25.0 Å². The average molecular weight is 582 g/mol. The molecule has 0 bridgehead atoms. The molecule has 0 saturated carbocycles. The van der Waals surface area contributed by atoms with E-state index in [0.29, 0.717) is 27.5 Å². The fraction of sp³-hybridized carbons (Fsp3) is 0.259. The molecule has 3 rings (SSSR count). The zero-order valence-electron chi connectivity index (χ0n) is 21.2. The number of carbonyl (C=O) groups is 2. The number of amides is 2. The zero-order chi connectivity index (χ0) is 28.8. The van der Waals surface area contributed by atoms with Gasteiger partial charge < -0.3 is 10.2 Å². The molecule has 208 valence electrons. The normalized spacial score (nSPS) is 12.5. The van der Waals surface area contributed by atoms with Crippen molar-refractivity contribution in [1.29, 1.82) is 0 Å². The van der Waals surface area contributed by atoms with Crippen molar-refractivity contribution < 1.29 is 31.2 Å². The minimum absolute atomic E-state index is 0.0733. The summed E-state index contributed by atoms with van der Waals surface area (Å²) >= 11 is 5.96. The summed E-state index contributed by atoms with van der Waals surface area (Å²) < 4.78 is 68.3. The third-order valence-electron chi connectivity index (χ3n) is 5.86. The van der Waals surface area contributed by atoms with Crippen molar-refractivity contribution in [3.05, 3.63) is 95.0 Å². The van der Waals surface area contributed by atoms with Crippen LogP contribution in [0.15, 0.2) is 83.8 Å². The second-order valence-corrected chi connectivity index (χ2v) is 10.9. The van der Waals surface area contributed by atoms with E-state index in [9.17, 15) is 31.2 Å². The Labute approximate surface area is 230 Å². The lowest BCUT2D eigenvalue weighted by molar-refractivity contribution is -0.139. The molecule has 0 radical (unpaired) electrons. The van der Waals surface area contributed by atoms with E-state index in [1.165, 1.54) is 42.2 Å². The van der Waals surface area contributed by atoms with E-state index >= 15 is 0 Å². The lowest BCUT2D eigenvalue weighted by Gasteiger charge is -2.32. The van der Waals surface area contributed by atoms with Crippen LogP contribution in [0.3, 0.4) is 0 Å². The first-order chi connectivity index (χ1) is 18.3. The van der Waals surface area contributed by atoms with Gasteiger partial charge in [-0.3, -0.25) is 13.9 Å². The predicted molar refractivity (Wildman–Crippen MR) is 143 cm³/mol. The van der Waals surface area contributed by atoms with Gasteiger partial charge in [-0.2, -0.15) is 13.2 Å². The van der Waals surface area contributed by atoms with E-state index in [2.05, 4.69) is 5.32 Å². The number of nitrogens with one attached hydrogen (secondary N) is 1. The molecule has 0 aliphatic carbocycles. The van der Waals surface area contributed by atoms with Crippen molar-refractivity contribution in [2.75, 3.05) is 17.4 Å². The third kappa shape index (κ3) is 7.51. The lowest BCUT2D eigenvalue weighted by Crippen LogP contribution is -2.51. The number of likely N-dealkylation sites (N-methyl/N-ethyl adjacent to an activating group) is 1. The Balaban J connectivity index is 2.07. The second kappa shape index (κ2) is 12.5. The van der Waals surface area contributed by atoms with Gasteiger partial charge in [0, 0.05) is 18.1 Å². The molecule has 2 amide bonds. The van der Waals surface area contributed by atoms with Gasteiger partial charge in [0.1, 0.15) is 12.6 Å². The maximum atomic E-state index is 13.7. The molecule has 0 saturated heterocycles. The topological polar surface area (TPSA) is 86.8 Å². The Hall–Kier alpha value is -3.57. The van der Waals surface area contributed by atoms with E-state index in [4.69, 9.17) is 11.6 Å². The molecule has 39 heavy (non-hydrogen) atoms. The first-order valence-electron chi connectivity index (χ1n) is 11.9. The molecule has 12 heteroatoms. The quantitative estimate of drug-likeness (QED) is 0.361. The van der Waals surface area contributed by atoms with Crippen molar-refractivity contribution in [1.82, 2.24) is 10.2 Å². The highest BCUT2D eigenvalue weighted by atomic mass is 35.5. The van der Waals surface area contributed by atoms with Crippen LogP contribution >= 0.6 is 11.6 Å². The van der Waals surface area contributed by atoms with Crippen LogP contribution in [0.5, 0.6) is 0 Å². The lowest BCUT2D eigenvalue weighted by atomic mass is 10.1. The largest absolute Gasteiger partial charge is 0.416 e. The molecule has 0 heterocycles. The van der Waals surface area contributed by atoms with Crippen molar-refractivity contribution in [2.45, 2.75) is 37.5 Å². The molecule has 3 aromatic carbocycles.